The molecule has 1 heterocycles. The van der Waals surface area contributed by atoms with Crippen molar-refractivity contribution in [3.63, 3.8) is 0 Å². The van der Waals surface area contributed by atoms with Gasteiger partial charge in [-0.2, -0.15) is 0 Å². The van der Waals surface area contributed by atoms with E-state index in [1.54, 1.807) is 12.1 Å². The van der Waals surface area contributed by atoms with Gasteiger partial charge in [0.15, 0.2) is 0 Å². The number of nitrogens with zero attached hydrogens (tertiary/aromatic N) is 2. The number of anilines is 1. The summed E-state index contributed by atoms with van der Waals surface area (Å²) in [6.45, 7) is 0. The van der Waals surface area contributed by atoms with E-state index in [9.17, 15) is 10.1 Å². The minimum absolute atomic E-state index is 0.0369. The monoisotopic (exact) mass is 265 g/mol. The van der Waals surface area contributed by atoms with E-state index >= 15 is 0 Å². The summed E-state index contributed by atoms with van der Waals surface area (Å²) in [5.41, 5.74) is 5.69. The Balaban J connectivity index is 2.41. The van der Waals surface area contributed by atoms with E-state index < -0.39 is 4.92 Å². The van der Waals surface area contributed by atoms with Crippen molar-refractivity contribution in [2.75, 3.05) is 5.73 Å². The molecule has 6 nitrogen and oxygen atoms in total. The van der Waals surface area contributed by atoms with Crippen LogP contribution in [0.5, 0.6) is 11.6 Å². The molecule has 0 atom stereocenters. The highest BCUT2D eigenvalue weighted by molar-refractivity contribution is 6.30. The Morgan fingerprint density at radius 1 is 1.39 bits per heavy atom. The molecule has 0 fully saturated rings. The van der Waals surface area contributed by atoms with Crippen molar-refractivity contribution in [2.45, 2.75) is 0 Å². The van der Waals surface area contributed by atoms with Crippen molar-refractivity contribution < 1.29 is 9.66 Å². The molecule has 0 amide bonds. The van der Waals surface area contributed by atoms with Crippen LogP contribution in [0.2, 0.25) is 5.02 Å². The van der Waals surface area contributed by atoms with Crippen LogP contribution in [-0.4, -0.2) is 9.91 Å². The van der Waals surface area contributed by atoms with Gasteiger partial charge >= 0.3 is 5.69 Å². The second-order valence-corrected chi connectivity index (χ2v) is 3.81. The van der Waals surface area contributed by atoms with E-state index in [-0.39, 0.29) is 22.3 Å². The predicted octanol–water partition coefficient (Wildman–Crippen LogP) is 3.02. The third-order valence-corrected chi connectivity index (χ3v) is 2.36. The summed E-state index contributed by atoms with van der Waals surface area (Å²) in [5, 5.41) is 11.1. The highest BCUT2D eigenvalue weighted by atomic mass is 35.5. The average Bonchev–Trinajstić information content (AvgIpc) is 2.34. The van der Waals surface area contributed by atoms with Gasteiger partial charge in [0.2, 0.25) is 11.6 Å². The normalized spacial score (nSPS) is 10.1. The molecule has 0 radical (unpaired) electrons. The summed E-state index contributed by atoms with van der Waals surface area (Å²) in [6.07, 6.45) is 1.48. The maximum absolute atomic E-state index is 10.9. The molecule has 0 aliphatic rings. The first-order valence-corrected chi connectivity index (χ1v) is 5.28. The molecular weight excluding hydrogens is 258 g/mol. The van der Waals surface area contributed by atoms with Crippen LogP contribution in [0.15, 0.2) is 36.5 Å². The van der Waals surface area contributed by atoms with Crippen molar-refractivity contribution in [2.24, 2.45) is 0 Å². The lowest BCUT2D eigenvalue weighted by Crippen LogP contribution is -1.97. The molecule has 2 N–H and O–H groups in total. The van der Waals surface area contributed by atoms with Crippen molar-refractivity contribution in [1.82, 2.24) is 4.98 Å². The largest absolute Gasteiger partial charge is 0.430 e. The van der Waals surface area contributed by atoms with Crippen LogP contribution >= 0.6 is 11.6 Å². The van der Waals surface area contributed by atoms with Crippen LogP contribution < -0.4 is 10.5 Å². The van der Waals surface area contributed by atoms with E-state index in [1.807, 2.05) is 0 Å². The molecule has 7 heteroatoms. The van der Waals surface area contributed by atoms with Crippen molar-refractivity contribution >= 4 is 23.0 Å². The molecule has 0 bridgehead atoms. The maximum Gasteiger partial charge on any atom is 0.313 e. The Hall–Kier alpha value is -2.34. The number of nitro groups is 1. The molecule has 1 aromatic heterocycles. The maximum atomic E-state index is 10.9. The molecule has 0 aliphatic carbocycles. The van der Waals surface area contributed by atoms with E-state index in [4.69, 9.17) is 22.1 Å². The minimum atomic E-state index is -0.583. The zero-order valence-electron chi connectivity index (χ0n) is 9.04. The number of nitrogen functional groups attached to an aromatic ring is 1. The molecular formula is C11H8ClN3O3. The smallest absolute Gasteiger partial charge is 0.313 e. The van der Waals surface area contributed by atoms with Gasteiger partial charge in [-0.05, 0) is 24.3 Å². The van der Waals surface area contributed by atoms with Crippen LogP contribution in [0.1, 0.15) is 0 Å². The van der Waals surface area contributed by atoms with Gasteiger partial charge in [0.25, 0.3) is 0 Å². The average molecular weight is 266 g/mol. The number of pyridine rings is 1. The van der Waals surface area contributed by atoms with Crippen molar-refractivity contribution in [3.05, 3.63) is 51.7 Å². The molecule has 0 saturated heterocycles. The number of nitro benzene ring substituents is 1. The van der Waals surface area contributed by atoms with Crippen molar-refractivity contribution in [1.29, 1.82) is 0 Å². The Labute approximate surface area is 107 Å². The van der Waals surface area contributed by atoms with Crippen LogP contribution in [-0.2, 0) is 0 Å². The highest BCUT2D eigenvalue weighted by Gasteiger charge is 2.17. The summed E-state index contributed by atoms with van der Waals surface area (Å²) >= 11 is 5.69. The third kappa shape index (κ3) is 2.49. The second kappa shape index (κ2) is 4.89. The molecule has 0 saturated carbocycles. The summed E-state index contributed by atoms with van der Waals surface area (Å²) in [5.74, 6) is 0.151. The van der Waals surface area contributed by atoms with Crippen LogP contribution in [0.3, 0.4) is 0 Å². The Kier molecular flexibility index (Phi) is 3.29. The lowest BCUT2D eigenvalue weighted by molar-refractivity contribution is -0.385. The lowest BCUT2D eigenvalue weighted by Gasteiger charge is -2.07. The molecule has 2 aromatic rings. The number of aromatic nitrogens is 1. The van der Waals surface area contributed by atoms with E-state index in [2.05, 4.69) is 4.98 Å². The number of hydrogen-bond acceptors (Lipinski definition) is 5. The zero-order chi connectivity index (χ0) is 13.1. The van der Waals surface area contributed by atoms with Crippen LogP contribution in [0.4, 0.5) is 11.4 Å². The first-order valence-electron chi connectivity index (χ1n) is 4.90. The molecule has 0 spiro atoms. The molecule has 92 valence electrons. The first kappa shape index (κ1) is 12.1. The van der Waals surface area contributed by atoms with Gasteiger partial charge in [-0.3, -0.25) is 10.1 Å². The number of nitrogens with two attached hydrogens (primary N) is 1. The second-order valence-electron chi connectivity index (χ2n) is 3.37. The van der Waals surface area contributed by atoms with Crippen molar-refractivity contribution in [3.8, 4) is 11.6 Å². The van der Waals surface area contributed by atoms with E-state index in [0.29, 0.717) is 5.69 Å². The van der Waals surface area contributed by atoms with Gasteiger partial charge in [0.05, 0.1) is 10.6 Å². The fourth-order valence-electron chi connectivity index (χ4n) is 1.31. The summed E-state index contributed by atoms with van der Waals surface area (Å²) in [6, 6.07) is 7.32. The highest BCUT2D eigenvalue weighted by Crippen LogP contribution is 2.34. The van der Waals surface area contributed by atoms with Gasteiger partial charge < -0.3 is 10.5 Å². The minimum Gasteiger partial charge on any atom is -0.430 e. The summed E-state index contributed by atoms with van der Waals surface area (Å²) < 4.78 is 5.32. The Morgan fingerprint density at radius 2 is 2.17 bits per heavy atom. The van der Waals surface area contributed by atoms with Crippen LogP contribution in [0, 0.1) is 10.1 Å². The standard InChI is InChI=1S/C11H8ClN3O3/c12-7-3-4-10(9(6-7)15(16)17)18-11-8(13)2-1-5-14-11/h1-6H,13H2. The molecule has 2 rings (SSSR count). The zero-order valence-corrected chi connectivity index (χ0v) is 9.79. The summed E-state index contributed by atoms with van der Waals surface area (Å²) in [4.78, 5) is 14.2. The molecule has 18 heavy (non-hydrogen) atoms. The van der Waals surface area contributed by atoms with Crippen LogP contribution in [0.25, 0.3) is 0 Å². The van der Waals surface area contributed by atoms with Gasteiger partial charge in [-0.1, -0.05) is 11.6 Å². The van der Waals surface area contributed by atoms with Gasteiger partial charge in [-0.15, -0.1) is 0 Å². The fraction of sp³-hybridized carbons (Fsp3) is 0. The lowest BCUT2D eigenvalue weighted by atomic mass is 10.3. The topological polar surface area (TPSA) is 91.3 Å². The van der Waals surface area contributed by atoms with Gasteiger partial charge in [-0.25, -0.2) is 4.98 Å². The quantitative estimate of drug-likeness (QED) is 0.680. The first-order chi connectivity index (χ1) is 8.58. The number of hydrogen-bond donors (Lipinski definition) is 1. The number of benzene rings is 1. The summed E-state index contributed by atoms with van der Waals surface area (Å²) in [7, 11) is 0. The number of halogens is 1. The Morgan fingerprint density at radius 3 is 2.83 bits per heavy atom. The van der Waals surface area contributed by atoms with E-state index in [1.165, 1.54) is 24.4 Å². The predicted molar refractivity (Wildman–Crippen MR) is 66.8 cm³/mol. The number of ether oxygens (including phenoxy) is 1. The Bertz CT molecular complexity index is 604. The molecule has 1 aromatic carbocycles. The number of rotatable bonds is 3. The molecule has 0 unspecified atom stereocenters. The third-order valence-electron chi connectivity index (χ3n) is 2.12. The SMILES string of the molecule is Nc1cccnc1Oc1ccc(Cl)cc1[N+](=O)[O-]. The van der Waals surface area contributed by atoms with Gasteiger partial charge in [0.1, 0.15) is 0 Å². The fourth-order valence-corrected chi connectivity index (χ4v) is 1.48. The molecule has 0 aliphatic heterocycles. The van der Waals surface area contributed by atoms with E-state index in [0.717, 1.165) is 0 Å². The van der Waals surface area contributed by atoms with Gasteiger partial charge in [0, 0.05) is 17.3 Å².